The van der Waals surface area contributed by atoms with Gasteiger partial charge in [-0.05, 0) is 27.0 Å². The Morgan fingerprint density at radius 2 is 1.86 bits per heavy atom. The van der Waals surface area contributed by atoms with Gasteiger partial charge in [-0.2, -0.15) is 0 Å². The van der Waals surface area contributed by atoms with Gasteiger partial charge in [0, 0.05) is 13.5 Å². The molecule has 0 atom stereocenters. The van der Waals surface area contributed by atoms with Crippen LogP contribution in [-0.2, 0) is 4.74 Å². The molecule has 0 bridgehead atoms. The Labute approximate surface area is 84.3 Å². The molecule has 0 aliphatic heterocycles. The molecule has 0 aromatic rings. The summed E-state index contributed by atoms with van der Waals surface area (Å²) in [4.78, 5) is 0. The monoisotopic (exact) mass is 207 g/mol. The summed E-state index contributed by atoms with van der Waals surface area (Å²) in [6, 6.07) is 0. The topological polar surface area (TPSA) is 21.3 Å². The van der Waals surface area contributed by atoms with Crippen molar-refractivity contribution in [2.45, 2.75) is 32.3 Å². The molecule has 2 nitrogen and oxygen atoms in total. The first-order valence-corrected chi connectivity index (χ1v) is 4.61. The first kappa shape index (κ1) is 13.5. The first-order valence-electron chi connectivity index (χ1n) is 4.61. The van der Waals surface area contributed by atoms with E-state index >= 15 is 0 Å². The smallest absolute Gasteiger partial charge is 0.263 e. The van der Waals surface area contributed by atoms with E-state index in [0.717, 1.165) is 13.0 Å². The summed E-state index contributed by atoms with van der Waals surface area (Å²) < 4.78 is 30.1. The third kappa shape index (κ3) is 8.13. The lowest BCUT2D eigenvalue weighted by molar-refractivity contribution is 0.000261. The van der Waals surface area contributed by atoms with Crippen molar-refractivity contribution in [2.75, 3.05) is 20.2 Å². The minimum absolute atomic E-state index is 0.206. The Balaban J connectivity index is 3.79. The van der Waals surface area contributed by atoms with E-state index in [1.54, 1.807) is 0 Å². The molecular formula is C10H19F2NO. The predicted octanol–water partition coefficient (Wildman–Crippen LogP) is 2.21. The maximum atomic E-state index is 12.3. The largest absolute Gasteiger partial charge is 0.370 e. The van der Waals surface area contributed by atoms with Gasteiger partial charge in [0.25, 0.3) is 5.92 Å². The minimum atomic E-state index is -2.75. The van der Waals surface area contributed by atoms with E-state index in [2.05, 4.69) is 5.32 Å². The van der Waals surface area contributed by atoms with E-state index < -0.39 is 5.92 Å². The molecule has 0 rings (SSSR count). The predicted molar refractivity (Wildman–Crippen MR) is 53.7 cm³/mol. The van der Waals surface area contributed by atoms with E-state index in [4.69, 9.17) is 4.74 Å². The number of alkyl halides is 2. The quantitative estimate of drug-likeness (QED) is 0.674. The van der Waals surface area contributed by atoms with Crippen LogP contribution >= 0.6 is 0 Å². The lowest BCUT2D eigenvalue weighted by Crippen LogP contribution is -2.36. The van der Waals surface area contributed by atoms with Gasteiger partial charge in [-0.3, -0.25) is 0 Å². The van der Waals surface area contributed by atoms with Gasteiger partial charge < -0.3 is 10.1 Å². The van der Waals surface area contributed by atoms with Crippen molar-refractivity contribution in [3.05, 3.63) is 12.2 Å². The fraction of sp³-hybridized carbons (Fsp3) is 0.800. The third-order valence-corrected chi connectivity index (χ3v) is 1.58. The van der Waals surface area contributed by atoms with Crippen LogP contribution in [0.4, 0.5) is 8.78 Å². The average molecular weight is 207 g/mol. The molecule has 0 spiro atoms. The van der Waals surface area contributed by atoms with E-state index in [9.17, 15) is 8.78 Å². The van der Waals surface area contributed by atoms with Crippen LogP contribution in [0.2, 0.25) is 0 Å². The van der Waals surface area contributed by atoms with Crippen LogP contribution in [0.3, 0.4) is 0 Å². The molecule has 1 N–H and O–H groups in total. The highest BCUT2D eigenvalue weighted by molar-refractivity contribution is 4.92. The van der Waals surface area contributed by atoms with Gasteiger partial charge in [0.2, 0.25) is 0 Å². The van der Waals surface area contributed by atoms with E-state index in [-0.39, 0.29) is 12.2 Å². The summed E-state index contributed by atoms with van der Waals surface area (Å²) in [6.45, 7) is 5.55. The van der Waals surface area contributed by atoms with Gasteiger partial charge in [-0.15, -0.1) is 0 Å². The van der Waals surface area contributed by atoms with Crippen molar-refractivity contribution < 1.29 is 13.5 Å². The molecule has 84 valence electrons. The summed E-state index contributed by atoms with van der Waals surface area (Å²) in [7, 11) is 1.82. The van der Waals surface area contributed by atoms with Gasteiger partial charge >= 0.3 is 0 Å². The highest BCUT2D eigenvalue weighted by Crippen LogP contribution is 2.13. The Morgan fingerprint density at radius 3 is 2.29 bits per heavy atom. The average Bonchev–Trinajstić information content (AvgIpc) is 1.96. The molecular weight excluding hydrogens is 188 g/mol. The molecule has 0 radical (unpaired) electrons. The number of nitrogens with one attached hydrogen (secondary N) is 1. The van der Waals surface area contributed by atoms with Gasteiger partial charge in [-0.1, -0.05) is 6.08 Å². The number of rotatable bonds is 6. The number of halogens is 2. The van der Waals surface area contributed by atoms with Crippen LogP contribution < -0.4 is 5.32 Å². The number of ether oxygens (including phenoxy) is 1. The standard InChI is InChI=1S/C10H19F2NO/c1-9(2,8-13-4)14-7-5-6-10(3,11)12/h5-6,13H,7-8H2,1-4H3. The molecule has 0 saturated heterocycles. The zero-order chi connectivity index (χ0) is 11.2. The maximum absolute atomic E-state index is 12.3. The Hall–Kier alpha value is -0.480. The second kappa shape index (κ2) is 5.41. The Bertz CT molecular complexity index is 185. The summed E-state index contributed by atoms with van der Waals surface area (Å²) >= 11 is 0. The third-order valence-electron chi connectivity index (χ3n) is 1.58. The van der Waals surface area contributed by atoms with Crippen molar-refractivity contribution in [1.29, 1.82) is 0 Å². The summed E-state index contributed by atoms with van der Waals surface area (Å²) in [5.41, 5.74) is -0.331. The molecule has 14 heavy (non-hydrogen) atoms. The molecule has 4 heteroatoms. The number of allylic oxidation sites excluding steroid dienone is 1. The fourth-order valence-electron chi connectivity index (χ4n) is 1.01. The molecule has 0 saturated carbocycles. The van der Waals surface area contributed by atoms with Crippen molar-refractivity contribution >= 4 is 0 Å². The molecule has 0 fully saturated rings. The van der Waals surface area contributed by atoms with Crippen LogP contribution in [0.25, 0.3) is 0 Å². The first-order chi connectivity index (χ1) is 6.27. The van der Waals surface area contributed by atoms with Crippen LogP contribution in [0.1, 0.15) is 20.8 Å². The second-order valence-electron chi connectivity index (χ2n) is 3.96. The van der Waals surface area contributed by atoms with E-state index in [0.29, 0.717) is 6.54 Å². The molecule has 0 heterocycles. The molecule has 0 aromatic heterocycles. The molecule has 0 amide bonds. The van der Waals surface area contributed by atoms with Gasteiger partial charge in [0.1, 0.15) is 0 Å². The summed E-state index contributed by atoms with van der Waals surface area (Å²) in [6.07, 6.45) is 2.19. The number of hydrogen-bond donors (Lipinski definition) is 1. The number of hydrogen-bond acceptors (Lipinski definition) is 2. The molecule has 0 unspecified atom stereocenters. The van der Waals surface area contributed by atoms with Gasteiger partial charge in [0.05, 0.1) is 12.2 Å². The second-order valence-corrected chi connectivity index (χ2v) is 3.96. The van der Waals surface area contributed by atoms with Crippen molar-refractivity contribution in [2.24, 2.45) is 0 Å². The van der Waals surface area contributed by atoms with Gasteiger partial charge in [-0.25, -0.2) is 8.78 Å². The van der Waals surface area contributed by atoms with E-state index in [1.165, 1.54) is 6.08 Å². The molecule has 0 aliphatic rings. The fourth-order valence-corrected chi connectivity index (χ4v) is 1.01. The Kier molecular flexibility index (Phi) is 5.23. The lowest BCUT2D eigenvalue weighted by Gasteiger charge is -2.24. The van der Waals surface area contributed by atoms with Gasteiger partial charge in [0.15, 0.2) is 0 Å². The van der Waals surface area contributed by atoms with Crippen molar-refractivity contribution in [3.8, 4) is 0 Å². The van der Waals surface area contributed by atoms with Crippen molar-refractivity contribution in [3.63, 3.8) is 0 Å². The molecule has 0 aliphatic carbocycles. The van der Waals surface area contributed by atoms with Crippen LogP contribution in [0, 0.1) is 0 Å². The van der Waals surface area contributed by atoms with E-state index in [1.807, 2.05) is 20.9 Å². The van der Waals surface area contributed by atoms with Crippen LogP contribution in [0.5, 0.6) is 0 Å². The van der Waals surface area contributed by atoms with Crippen LogP contribution in [0.15, 0.2) is 12.2 Å². The maximum Gasteiger partial charge on any atom is 0.263 e. The van der Waals surface area contributed by atoms with Crippen molar-refractivity contribution in [1.82, 2.24) is 5.32 Å². The number of likely N-dealkylation sites (N-methyl/N-ethyl adjacent to an activating group) is 1. The Morgan fingerprint density at radius 1 is 1.29 bits per heavy atom. The lowest BCUT2D eigenvalue weighted by atomic mass is 10.1. The summed E-state index contributed by atoms with van der Waals surface area (Å²) in [5.74, 6) is -2.75. The highest BCUT2D eigenvalue weighted by Gasteiger charge is 2.17. The summed E-state index contributed by atoms with van der Waals surface area (Å²) in [5, 5.41) is 2.97. The normalized spacial score (nSPS) is 13.9. The highest BCUT2D eigenvalue weighted by atomic mass is 19.3. The molecule has 0 aromatic carbocycles. The minimum Gasteiger partial charge on any atom is -0.370 e. The van der Waals surface area contributed by atoms with Crippen LogP contribution in [-0.4, -0.2) is 31.7 Å². The zero-order valence-corrected chi connectivity index (χ0v) is 9.23. The SMILES string of the molecule is CNCC(C)(C)OCC=CC(C)(F)F. The zero-order valence-electron chi connectivity index (χ0n) is 9.23.